The van der Waals surface area contributed by atoms with Crippen LogP contribution in [0.5, 0.6) is 0 Å². The number of amides is 1. The maximum Gasteiger partial charge on any atom is 0.416 e. The van der Waals surface area contributed by atoms with Gasteiger partial charge in [-0.05, 0) is 30.9 Å². The van der Waals surface area contributed by atoms with Crippen molar-refractivity contribution in [3.63, 3.8) is 0 Å². The second kappa shape index (κ2) is 8.55. The molecule has 0 saturated heterocycles. The van der Waals surface area contributed by atoms with Crippen molar-refractivity contribution >= 4 is 18.3 Å². The van der Waals surface area contributed by atoms with Crippen LogP contribution in [-0.4, -0.2) is 18.0 Å². The first-order chi connectivity index (χ1) is 10.1. The molecular formula is C16H24ClF3N2O. The maximum atomic E-state index is 12.9. The lowest BCUT2D eigenvalue weighted by Gasteiger charge is -2.31. The molecule has 3 nitrogen and oxygen atoms in total. The van der Waals surface area contributed by atoms with Crippen LogP contribution in [0.25, 0.3) is 0 Å². The highest BCUT2D eigenvalue weighted by molar-refractivity contribution is 5.85. The van der Waals surface area contributed by atoms with Gasteiger partial charge >= 0.3 is 6.18 Å². The second-order valence-corrected chi connectivity index (χ2v) is 6.24. The highest BCUT2D eigenvalue weighted by Crippen LogP contribution is 2.32. The van der Waals surface area contributed by atoms with E-state index >= 15 is 0 Å². The largest absolute Gasteiger partial charge is 0.416 e. The SMILES string of the molecule is CC(C)CC(C)(CN)NC(=O)Cc1ccccc1C(F)(F)F.Cl. The van der Waals surface area contributed by atoms with E-state index in [2.05, 4.69) is 5.32 Å². The molecule has 1 aromatic carbocycles. The Kier molecular flexibility index (Phi) is 8.07. The summed E-state index contributed by atoms with van der Waals surface area (Å²) in [5.41, 5.74) is 4.28. The van der Waals surface area contributed by atoms with E-state index in [9.17, 15) is 18.0 Å². The minimum absolute atomic E-state index is 0. The summed E-state index contributed by atoms with van der Waals surface area (Å²) in [4.78, 5) is 12.1. The molecule has 1 rings (SSSR count). The molecule has 0 saturated carbocycles. The lowest BCUT2D eigenvalue weighted by atomic mass is 9.90. The van der Waals surface area contributed by atoms with E-state index in [1.807, 2.05) is 13.8 Å². The highest BCUT2D eigenvalue weighted by Gasteiger charge is 2.34. The molecular weight excluding hydrogens is 329 g/mol. The molecule has 0 aliphatic carbocycles. The van der Waals surface area contributed by atoms with Crippen molar-refractivity contribution in [1.29, 1.82) is 0 Å². The summed E-state index contributed by atoms with van der Waals surface area (Å²) in [7, 11) is 0. The van der Waals surface area contributed by atoms with Crippen LogP contribution >= 0.6 is 12.4 Å². The fourth-order valence-electron chi connectivity index (χ4n) is 2.59. The third-order valence-electron chi connectivity index (χ3n) is 3.42. The number of nitrogens with one attached hydrogen (secondary N) is 1. The van der Waals surface area contributed by atoms with Gasteiger partial charge in [0.05, 0.1) is 12.0 Å². The number of rotatable bonds is 6. The lowest BCUT2D eigenvalue weighted by Crippen LogP contribution is -2.52. The van der Waals surface area contributed by atoms with Crippen LogP contribution in [0, 0.1) is 5.92 Å². The maximum absolute atomic E-state index is 12.9. The van der Waals surface area contributed by atoms with Crippen molar-refractivity contribution in [2.24, 2.45) is 11.7 Å². The fraction of sp³-hybridized carbons (Fsp3) is 0.562. The van der Waals surface area contributed by atoms with Gasteiger partial charge in [0, 0.05) is 12.1 Å². The number of alkyl halides is 3. The zero-order chi connectivity index (χ0) is 17.0. The molecule has 0 aliphatic heterocycles. The number of hydrogen-bond acceptors (Lipinski definition) is 2. The van der Waals surface area contributed by atoms with E-state index in [0.29, 0.717) is 12.3 Å². The third-order valence-corrected chi connectivity index (χ3v) is 3.42. The molecule has 0 aliphatic rings. The van der Waals surface area contributed by atoms with Crippen molar-refractivity contribution in [3.8, 4) is 0 Å². The van der Waals surface area contributed by atoms with E-state index < -0.39 is 23.2 Å². The Balaban J connectivity index is 0.00000484. The molecule has 1 unspecified atom stereocenters. The van der Waals surface area contributed by atoms with Gasteiger partial charge in [-0.25, -0.2) is 0 Å². The van der Waals surface area contributed by atoms with Gasteiger partial charge in [0.1, 0.15) is 0 Å². The summed E-state index contributed by atoms with van der Waals surface area (Å²) in [6.45, 7) is 6.04. The molecule has 0 aromatic heterocycles. The Labute approximate surface area is 141 Å². The van der Waals surface area contributed by atoms with Crippen LogP contribution in [0.2, 0.25) is 0 Å². The Morgan fingerprint density at radius 2 is 1.83 bits per heavy atom. The summed E-state index contributed by atoms with van der Waals surface area (Å²) < 4.78 is 38.8. The number of nitrogens with two attached hydrogens (primary N) is 1. The fourth-order valence-corrected chi connectivity index (χ4v) is 2.59. The molecule has 1 amide bonds. The molecule has 0 spiro atoms. The van der Waals surface area contributed by atoms with Crippen molar-refractivity contribution in [1.82, 2.24) is 5.32 Å². The Morgan fingerprint density at radius 1 is 1.26 bits per heavy atom. The molecule has 23 heavy (non-hydrogen) atoms. The minimum Gasteiger partial charge on any atom is -0.349 e. The topological polar surface area (TPSA) is 55.1 Å². The van der Waals surface area contributed by atoms with Gasteiger partial charge in [-0.15, -0.1) is 12.4 Å². The van der Waals surface area contributed by atoms with Crippen LogP contribution in [0.3, 0.4) is 0 Å². The predicted molar refractivity (Wildman–Crippen MR) is 87.5 cm³/mol. The van der Waals surface area contributed by atoms with Gasteiger partial charge in [-0.1, -0.05) is 32.0 Å². The minimum atomic E-state index is -4.47. The van der Waals surface area contributed by atoms with Gasteiger partial charge in [0.2, 0.25) is 5.91 Å². The van der Waals surface area contributed by atoms with E-state index in [0.717, 1.165) is 6.07 Å². The first-order valence-corrected chi connectivity index (χ1v) is 7.23. The zero-order valence-electron chi connectivity index (χ0n) is 13.5. The van der Waals surface area contributed by atoms with Gasteiger partial charge in [0.25, 0.3) is 0 Å². The molecule has 3 N–H and O–H groups in total. The summed E-state index contributed by atoms with van der Waals surface area (Å²) in [5.74, 6) is -0.137. The van der Waals surface area contributed by atoms with Gasteiger partial charge in [-0.3, -0.25) is 4.79 Å². The van der Waals surface area contributed by atoms with Crippen LogP contribution in [-0.2, 0) is 17.4 Å². The van der Waals surface area contributed by atoms with Crippen molar-refractivity contribution < 1.29 is 18.0 Å². The monoisotopic (exact) mass is 352 g/mol. The molecule has 0 bridgehead atoms. The first-order valence-electron chi connectivity index (χ1n) is 7.23. The zero-order valence-corrected chi connectivity index (χ0v) is 14.4. The van der Waals surface area contributed by atoms with Crippen LogP contribution in [0.4, 0.5) is 13.2 Å². The van der Waals surface area contributed by atoms with Gasteiger partial charge in [0.15, 0.2) is 0 Å². The predicted octanol–water partition coefficient (Wildman–Crippen LogP) is 3.55. The van der Waals surface area contributed by atoms with Crippen molar-refractivity contribution in [2.45, 2.75) is 45.3 Å². The number of hydrogen-bond donors (Lipinski definition) is 2. The molecule has 1 atom stereocenters. The Hall–Kier alpha value is -1.27. The average molecular weight is 353 g/mol. The number of carbonyl (C=O) groups excluding carboxylic acids is 1. The Bertz CT molecular complexity index is 520. The molecule has 0 fully saturated rings. The summed E-state index contributed by atoms with van der Waals surface area (Å²) in [5, 5.41) is 2.77. The number of carbonyl (C=O) groups is 1. The van der Waals surface area contributed by atoms with Gasteiger partial charge in [-0.2, -0.15) is 13.2 Å². The standard InChI is InChI=1S/C16H23F3N2O.ClH/c1-11(2)9-15(3,10-20)21-14(22)8-12-6-4-5-7-13(12)16(17,18)19;/h4-7,11H,8-10,20H2,1-3H3,(H,21,22);1H. The van der Waals surface area contributed by atoms with Crippen LogP contribution in [0.1, 0.15) is 38.3 Å². The summed E-state index contributed by atoms with van der Waals surface area (Å²) >= 11 is 0. The van der Waals surface area contributed by atoms with E-state index in [-0.39, 0.29) is 30.9 Å². The molecule has 7 heteroatoms. The van der Waals surface area contributed by atoms with Gasteiger partial charge < -0.3 is 11.1 Å². The average Bonchev–Trinajstić information content (AvgIpc) is 2.36. The Morgan fingerprint density at radius 3 is 2.30 bits per heavy atom. The number of benzene rings is 1. The normalized spacial score (nSPS) is 14.1. The van der Waals surface area contributed by atoms with Crippen LogP contribution in [0.15, 0.2) is 24.3 Å². The van der Waals surface area contributed by atoms with E-state index in [1.165, 1.54) is 18.2 Å². The molecule has 1 aromatic rings. The second-order valence-electron chi connectivity index (χ2n) is 6.24. The van der Waals surface area contributed by atoms with E-state index in [1.54, 1.807) is 6.92 Å². The third kappa shape index (κ3) is 6.79. The highest BCUT2D eigenvalue weighted by atomic mass is 35.5. The smallest absolute Gasteiger partial charge is 0.349 e. The van der Waals surface area contributed by atoms with Crippen molar-refractivity contribution in [2.75, 3.05) is 6.54 Å². The van der Waals surface area contributed by atoms with Crippen LogP contribution < -0.4 is 11.1 Å². The number of halogens is 4. The molecule has 0 heterocycles. The lowest BCUT2D eigenvalue weighted by molar-refractivity contribution is -0.138. The summed E-state index contributed by atoms with van der Waals surface area (Å²) in [6.07, 6.45) is -4.12. The first kappa shape index (κ1) is 21.7. The quantitative estimate of drug-likeness (QED) is 0.822. The summed E-state index contributed by atoms with van der Waals surface area (Å²) in [6, 6.07) is 5.12. The molecule has 0 radical (unpaired) electrons. The van der Waals surface area contributed by atoms with Crippen molar-refractivity contribution in [3.05, 3.63) is 35.4 Å². The molecule has 132 valence electrons. The van der Waals surface area contributed by atoms with E-state index in [4.69, 9.17) is 5.73 Å².